The van der Waals surface area contributed by atoms with E-state index in [1.807, 2.05) is 23.9 Å². The van der Waals surface area contributed by atoms with Gasteiger partial charge in [0, 0.05) is 24.5 Å². The van der Waals surface area contributed by atoms with Crippen molar-refractivity contribution in [2.24, 2.45) is 0 Å². The van der Waals surface area contributed by atoms with Gasteiger partial charge >= 0.3 is 0 Å². The van der Waals surface area contributed by atoms with Crippen molar-refractivity contribution in [3.05, 3.63) is 41.3 Å². The van der Waals surface area contributed by atoms with Crippen molar-refractivity contribution >= 4 is 16.7 Å². The molecule has 2 fully saturated rings. The van der Waals surface area contributed by atoms with Crippen LogP contribution < -0.4 is 10.2 Å². The molecule has 2 aliphatic heterocycles. The largest absolute Gasteiger partial charge is 0.389 e. The summed E-state index contributed by atoms with van der Waals surface area (Å²) in [6.07, 6.45) is 4.00. The predicted octanol–water partition coefficient (Wildman–Crippen LogP) is 2.08. The van der Waals surface area contributed by atoms with Crippen LogP contribution >= 0.6 is 0 Å². The number of β-amino-alcohol motifs (C(OH)–C–C–N with tert-alkyl or cyclic N) is 1. The molecule has 2 saturated heterocycles. The zero-order chi connectivity index (χ0) is 19.3. The molecule has 0 bridgehead atoms. The summed E-state index contributed by atoms with van der Waals surface area (Å²) < 4.78 is 1.92. The summed E-state index contributed by atoms with van der Waals surface area (Å²) in [6.45, 7) is 7.51. The van der Waals surface area contributed by atoms with Gasteiger partial charge in [-0.3, -0.25) is 0 Å². The lowest BCUT2D eigenvalue weighted by atomic mass is 9.87. The highest BCUT2D eigenvalue weighted by Gasteiger charge is 2.26. The standard InChI is InChI=1S/C21H26N6O/c1-13-7-16-10-23-27(19(16)8-18(13)15-3-5-22-6-4-15)21-9-20(24-14(2)25-21)26-11-17(28)12-26/h7-10,15,17,22,28H,3-6,11-12H2,1-2H3. The normalized spacial score (nSPS) is 18.6. The molecule has 28 heavy (non-hydrogen) atoms. The van der Waals surface area contributed by atoms with Gasteiger partial charge in [0.1, 0.15) is 11.6 Å². The van der Waals surface area contributed by atoms with Crippen LogP contribution in [0.15, 0.2) is 24.4 Å². The van der Waals surface area contributed by atoms with Crippen LogP contribution in [0, 0.1) is 13.8 Å². The molecule has 1 aromatic carbocycles. The van der Waals surface area contributed by atoms with E-state index in [0.29, 0.717) is 24.8 Å². The minimum Gasteiger partial charge on any atom is -0.389 e. The first kappa shape index (κ1) is 17.6. The summed E-state index contributed by atoms with van der Waals surface area (Å²) in [5.74, 6) is 2.93. The summed E-state index contributed by atoms with van der Waals surface area (Å²) in [5, 5.41) is 18.8. The minimum absolute atomic E-state index is 0.264. The zero-order valence-corrected chi connectivity index (χ0v) is 16.4. The van der Waals surface area contributed by atoms with E-state index >= 15 is 0 Å². The van der Waals surface area contributed by atoms with Gasteiger partial charge < -0.3 is 15.3 Å². The minimum atomic E-state index is -0.264. The number of piperidine rings is 1. The van der Waals surface area contributed by atoms with Crippen molar-refractivity contribution in [1.82, 2.24) is 25.1 Å². The molecule has 7 heteroatoms. The van der Waals surface area contributed by atoms with Crippen LogP contribution in [-0.2, 0) is 0 Å². The van der Waals surface area contributed by atoms with Gasteiger partial charge in [0.15, 0.2) is 5.82 Å². The molecule has 2 aromatic heterocycles. The average molecular weight is 378 g/mol. The number of anilines is 1. The summed E-state index contributed by atoms with van der Waals surface area (Å²) in [6, 6.07) is 6.52. The smallest absolute Gasteiger partial charge is 0.159 e. The third kappa shape index (κ3) is 3.04. The lowest BCUT2D eigenvalue weighted by molar-refractivity contribution is 0.141. The molecule has 146 valence electrons. The molecular formula is C21H26N6O. The van der Waals surface area contributed by atoms with Crippen LogP contribution in [-0.4, -0.2) is 57.1 Å². The number of aromatic nitrogens is 4. The second-order valence-electron chi connectivity index (χ2n) is 8.04. The lowest BCUT2D eigenvalue weighted by Crippen LogP contribution is -2.51. The summed E-state index contributed by atoms with van der Waals surface area (Å²) in [4.78, 5) is 11.3. The lowest BCUT2D eigenvalue weighted by Gasteiger charge is -2.36. The number of rotatable bonds is 3. The number of fused-ring (bicyclic) bond motifs is 1. The second-order valence-corrected chi connectivity index (χ2v) is 8.04. The Hall–Kier alpha value is -2.51. The fourth-order valence-corrected chi connectivity index (χ4v) is 4.41. The van der Waals surface area contributed by atoms with Gasteiger partial charge in [0.05, 0.1) is 17.8 Å². The van der Waals surface area contributed by atoms with Crippen LogP contribution in [0.4, 0.5) is 5.82 Å². The van der Waals surface area contributed by atoms with Gasteiger partial charge in [-0.2, -0.15) is 5.10 Å². The van der Waals surface area contributed by atoms with Crippen molar-refractivity contribution in [2.45, 2.75) is 38.7 Å². The average Bonchev–Trinajstić information content (AvgIpc) is 3.07. The van der Waals surface area contributed by atoms with E-state index in [1.54, 1.807) is 0 Å². The Bertz CT molecular complexity index is 1020. The monoisotopic (exact) mass is 378 g/mol. The molecule has 0 unspecified atom stereocenters. The highest BCUT2D eigenvalue weighted by molar-refractivity contribution is 5.82. The van der Waals surface area contributed by atoms with E-state index in [1.165, 1.54) is 24.0 Å². The van der Waals surface area contributed by atoms with E-state index in [4.69, 9.17) is 0 Å². The number of aliphatic hydroxyl groups excluding tert-OH is 1. The third-order valence-corrected chi connectivity index (χ3v) is 5.95. The van der Waals surface area contributed by atoms with Crippen molar-refractivity contribution in [3.8, 4) is 5.82 Å². The van der Waals surface area contributed by atoms with Crippen LogP contribution in [0.25, 0.3) is 16.7 Å². The first-order valence-electron chi connectivity index (χ1n) is 10.1. The van der Waals surface area contributed by atoms with Crippen molar-refractivity contribution in [3.63, 3.8) is 0 Å². The topological polar surface area (TPSA) is 79.1 Å². The van der Waals surface area contributed by atoms with E-state index in [9.17, 15) is 5.11 Å². The molecule has 7 nitrogen and oxygen atoms in total. The first-order chi connectivity index (χ1) is 13.6. The summed E-state index contributed by atoms with van der Waals surface area (Å²) >= 11 is 0. The SMILES string of the molecule is Cc1nc(N2CC(O)C2)cc(-n2ncc3cc(C)c(C4CCNCC4)cc32)n1. The van der Waals surface area contributed by atoms with Crippen LogP contribution in [0.5, 0.6) is 0 Å². The maximum atomic E-state index is 9.62. The maximum absolute atomic E-state index is 9.62. The van der Waals surface area contributed by atoms with E-state index in [-0.39, 0.29) is 6.10 Å². The highest BCUT2D eigenvalue weighted by atomic mass is 16.3. The Morgan fingerprint density at radius 3 is 2.54 bits per heavy atom. The van der Waals surface area contributed by atoms with Crippen LogP contribution in [0.2, 0.25) is 0 Å². The summed E-state index contributed by atoms with van der Waals surface area (Å²) in [7, 11) is 0. The Kier molecular flexibility index (Phi) is 4.29. The molecule has 0 amide bonds. The van der Waals surface area contributed by atoms with Gasteiger partial charge in [0.2, 0.25) is 0 Å². The third-order valence-electron chi connectivity index (χ3n) is 5.95. The molecule has 0 spiro atoms. The molecule has 0 saturated carbocycles. The Morgan fingerprint density at radius 1 is 1.04 bits per heavy atom. The van der Waals surface area contributed by atoms with E-state index in [0.717, 1.165) is 35.6 Å². The molecule has 2 N–H and O–H groups in total. The van der Waals surface area contributed by atoms with Crippen molar-refractivity contribution in [1.29, 1.82) is 0 Å². The van der Waals surface area contributed by atoms with E-state index in [2.05, 4.69) is 44.3 Å². The number of aliphatic hydroxyl groups is 1. The predicted molar refractivity (Wildman–Crippen MR) is 109 cm³/mol. The molecule has 0 atom stereocenters. The molecule has 2 aliphatic rings. The number of nitrogens with zero attached hydrogens (tertiary/aromatic N) is 5. The van der Waals surface area contributed by atoms with E-state index < -0.39 is 0 Å². The van der Waals surface area contributed by atoms with Crippen molar-refractivity contribution < 1.29 is 5.11 Å². The molecule has 3 aromatic rings. The number of hydrogen-bond acceptors (Lipinski definition) is 6. The number of aryl methyl sites for hydroxylation is 2. The molecule has 4 heterocycles. The quantitative estimate of drug-likeness (QED) is 0.727. The maximum Gasteiger partial charge on any atom is 0.159 e. The number of benzene rings is 1. The van der Waals surface area contributed by atoms with Gasteiger partial charge in [-0.1, -0.05) is 0 Å². The second kappa shape index (κ2) is 6.83. The van der Waals surface area contributed by atoms with Gasteiger partial charge in [-0.15, -0.1) is 0 Å². The molecule has 0 radical (unpaired) electrons. The molecule has 5 rings (SSSR count). The fourth-order valence-electron chi connectivity index (χ4n) is 4.41. The number of nitrogens with one attached hydrogen (secondary N) is 1. The van der Waals surface area contributed by atoms with Gasteiger partial charge in [-0.25, -0.2) is 14.6 Å². The molecular weight excluding hydrogens is 352 g/mol. The van der Waals surface area contributed by atoms with Gasteiger partial charge in [-0.05, 0) is 69.0 Å². The highest BCUT2D eigenvalue weighted by Crippen LogP contribution is 2.32. The van der Waals surface area contributed by atoms with Gasteiger partial charge in [0.25, 0.3) is 0 Å². The number of hydrogen-bond donors (Lipinski definition) is 2. The fraction of sp³-hybridized carbons (Fsp3) is 0.476. The van der Waals surface area contributed by atoms with Crippen molar-refractivity contribution in [2.75, 3.05) is 31.1 Å². The molecule has 0 aliphatic carbocycles. The van der Waals surface area contributed by atoms with Crippen LogP contribution in [0.3, 0.4) is 0 Å². The Morgan fingerprint density at radius 2 is 1.79 bits per heavy atom. The zero-order valence-electron chi connectivity index (χ0n) is 16.4. The summed E-state index contributed by atoms with van der Waals surface area (Å²) in [5.41, 5.74) is 3.85. The first-order valence-corrected chi connectivity index (χ1v) is 10.1. The Balaban J connectivity index is 1.57. The Labute approximate surface area is 164 Å². The van der Waals surface area contributed by atoms with Crippen LogP contribution in [0.1, 0.15) is 35.7 Å².